The fraction of sp³-hybridized carbons (Fsp3) is 0.417. The second-order valence-corrected chi connectivity index (χ2v) is 7.64. The summed E-state index contributed by atoms with van der Waals surface area (Å²) in [6.07, 6.45) is 2.59. The number of hydrogen-bond donors (Lipinski definition) is 3. The van der Waals surface area contributed by atoms with Crippen LogP contribution in [-0.4, -0.2) is 28.9 Å². The third kappa shape index (κ3) is 6.93. The van der Waals surface area contributed by atoms with Crippen molar-refractivity contribution in [3.8, 4) is 0 Å². The van der Waals surface area contributed by atoms with E-state index in [1.165, 1.54) is 5.56 Å². The second-order valence-electron chi connectivity index (χ2n) is 7.64. The molecule has 0 radical (unpaired) electrons. The van der Waals surface area contributed by atoms with Crippen LogP contribution >= 0.6 is 0 Å². The van der Waals surface area contributed by atoms with E-state index in [0.29, 0.717) is 12.5 Å². The number of hydrogen-bond acceptors (Lipinski definition) is 4. The lowest BCUT2D eigenvalue weighted by atomic mass is 9.94. The first kappa shape index (κ1) is 22.5. The molecule has 0 unspecified atom stereocenters. The Kier molecular flexibility index (Phi) is 8.25. The molecule has 2 aromatic carbocycles. The maximum atomic E-state index is 11.8. The van der Waals surface area contributed by atoms with Crippen molar-refractivity contribution in [3.05, 3.63) is 59.2 Å². The van der Waals surface area contributed by atoms with Crippen LogP contribution in [0.2, 0.25) is 0 Å². The molecule has 3 N–H and O–H groups in total. The van der Waals surface area contributed by atoms with Crippen LogP contribution in [0.4, 0.5) is 11.4 Å². The molecule has 2 atom stereocenters. The fourth-order valence-corrected chi connectivity index (χ4v) is 3.26. The zero-order valence-corrected chi connectivity index (χ0v) is 17.8. The highest BCUT2D eigenvalue weighted by Crippen LogP contribution is 2.26. The molecule has 0 aliphatic carbocycles. The van der Waals surface area contributed by atoms with Gasteiger partial charge in [-0.05, 0) is 51.0 Å². The zero-order valence-electron chi connectivity index (χ0n) is 17.8. The van der Waals surface area contributed by atoms with Crippen molar-refractivity contribution in [1.82, 2.24) is 0 Å². The van der Waals surface area contributed by atoms with E-state index in [2.05, 4.69) is 17.6 Å². The Morgan fingerprint density at radius 2 is 1.79 bits per heavy atom. The van der Waals surface area contributed by atoms with Crippen molar-refractivity contribution < 1.29 is 14.7 Å². The van der Waals surface area contributed by atoms with Crippen molar-refractivity contribution in [2.24, 2.45) is 0 Å². The molecule has 1 heterocycles. The number of Topliss-reactive ketones (excluding diaryl/α,β-unsaturated/α-hetero) is 1. The molecular formula is C24H32N2O3. The van der Waals surface area contributed by atoms with Gasteiger partial charge < -0.3 is 15.7 Å². The Labute approximate surface area is 173 Å². The third-order valence-electron chi connectivity index (χ3n) is 5.10. The Bertz CT molecular complexity index is 831. The number of nitrogens with one attached hydrogen (secondary N) is 2. The second kappa shape index (κ2) is 10.6. The molecule has 29 heavy (non-hydrogen) atoms. The van der Waals surface area contributed by atoms with Gasteiger partial charge in [0.15, 0.2) is 5.78 Å². The first-order chi connectivity index (χ1) is 13.8. The van der Waals surface area contributed by atoms with Crippen molar-refractivity contribution in [2.75, 3.05) is 10.6 Å². The number of fused-ring (bicyclic) bond motifs is 1. The topological polar surface area (TPSA) is 78.4 Å². The van der Waals surface area contributed by atoms with Crippen LogP contribution in [0.15, 0.2) is 42.5 Å². The minimum Gasteiger partial charge on any atom is -0.481 e. The molecule has 0 saturated heterocycles. The quantitative estimate of drug-likeness (QED) is 0.607. The van der Waals surface area contributed by atoms with E-state index in [9.17, 15) is 9.59 Å². The normalized spacial score (nSPS) is 16.0. The Hall–Kier alpha value is -2.82. The number of rotatable bonds is 6. The van der Waals surface area contributed by atoms with Crippen LogP contribution in [0.5, 0.6) is 0 Å². The summed E-state index contributed by atoms with van der Waals surface area (Å²) in [7, 11) is 0. The Morgan fingerprint density at radius 3 is 2.38 bits per heavy atom. The smallest absolute Gasteiger partial charge is 0.305 e. The van der Waals surface area contributed by atoms with Crippen LogP contribution < -0.4 is 10.6 Å². The maximum absolute atomic E-state index is 11.8. The average Bonchev–Trinajstić information content (AvgIpc) is 2.69. The van der Waals surface area contributed by atoms with Gasteiger partial charge in [0.05, 0.1) is 6.42 Å². The van der Waals surface area contributed by atoms with Crippen LogP contribution in [-0.2, 0) is 4.79 Å². The zero-order chi connectivity index (χ0) is 21.4. The molecule has 2 aromatic rings. The number of carboxylic acids is 1. The molecule has 0 spiro atoms. The van der Waals surface area contributed by atoms with Gasteiger partial charge in [0, 0.05) is 35.4 Å². The van der Waals surface area contributed by atoms with E-state index < -0.39 is 5.97 Å². The van der Waals surface area contributed by atoms with Gasteiger partial charge in [-0.3, -0.25) is 9.59 Å². The van der Waals surface area contributed by atoms with E-state index in [1.54, 1.807) is 0 Å². The van der Waals surface area contributed by atoms with Crippen molar-refractivity contribution >= 4 is 23.1 Å². The van der Waals surface area contributed by atoms with Gasteiger partial charge >= 0.3 is 5.97 Å². The number of benzene rings is 2. The first-order valence-corrected chi connectivity index (χ1v) is 10.3. The lowest BCUT2D eigenvalue weighted by Crippen LogP contribution is -2.28. The summed E-state index contributed by atoms with van der Waals surface area (Å²) in [4.78, 5) is 22.3. The molecule has 5 heteroatoms. The van der Waals surface area contributed by atoms with Gasteiger partial charge in [-0.2, -0.15) is 0 Å². The van der Waals surface area contributed by atoms with Gasteiger partial charge in [-0.1, -0.05) is 43.2 Å². The van der Waals surface area contributed by atoms with Gasteiger partial charge in [-0.15, -0.1) is 0 Å². The SMILES string of the molecule is CC[C@@H]1CC(=O)c2cc(C)ccc2N1.CC[C@H](CC(=O)O)Nc1ccc(C)cc1. The van der Waals surface area contributed by atoms with Gasteiger partial charge in [0.1, 0.15) is 0 Å². The van der Waals surface area contributed by atoms with E-state index >= 15 is 0 Å². The molecule has 0 bridgehead atoms. The summed E-state index contributed by atoms with van der Waals surface area (Å²) < 4.78 is 0. The number of anilines is 2. The molecule has 156 valence electrons. The summed E-state index contributed by atoms with van der Waals surface area (Å²) in [5, 5.41) is 15.3. The number of carboxylic acid groups (broad SMARTS) is 1. The standard InChI is InChI=1S/C12H17NO2.C12H15NO/c1-3-10(8-12(14)15)13-11-6-4-9(2)5-7-11;1-3-9-7-12(14)10-6-8(2)4-5-11(10)13-9/h4-7,10,13H,3,8H2,1-2H3,(H,14,15);4-6,9,13H,3,7H2,1-2H3/t10-;9-/m11/s1. The largest absolute Gasteiger partial charge is 0.481 e. The molecular weight excluding hydrogens is 364 g/mol. The van der Waals surface area contributed by atoms with Crippen molar-refractivity contribution in [2.45, 2.75) is 65.5 Å². The number of aliphatic carboxylic acids is 1. The molecule has 1 aliphatic rings. The minimum absolute atomic E-state index is 0.00482. The lowest BCUT2D eigenvalue weighted by molar-refractivity contribution is -0.137. The number of ketones is 1. The predicted octanol–water partition coefficient (Wildman–Crippen LogP) is 5.43. The molecule has 5 nitrogen and oxygen atoms in total. The van der Waals surface area contributed by atoms with E-state index in [1.807, 2.05) is 63.2 Å². The summed E-state index contributed by atoms with van der Waals surface area (Å²) in [5.74, 6) is -0.490. The van der Waals surface area contributed by atoms with Crippen LogP contribution in [0, 0.1) is 13.8 Å². The molecule has 0 amide bonds. The molecule has 0 saturated carbocycles. The van der Waals surface area contributed by atoms with E-state index in [0.717, 1.165) is 35.3 Å². The Balaban J connectivity index is 0.000000207. The highest BCUT2D eigenvalue weighted by atomic mass is 16.4. The molecule has 0 aromatic heterocycles. The number of carbonyl (C=O) groups is 2. The maximum Gasteiger partial charge on any atom is 0.305 e. The summed E-state index contributed by atoms with van der Waals surface area (Å²) >= 11 is 0. The van der Waals surface area contributed by atoms with Gasteiger partial charge in [0.25, 0.3) is 0 Å². The third-order valence-corrected chi connectivity index (χ3v) is 5.10. The average molecular weight is 397 g/mol. The molecule has 0 fully saturated rings. The highest BCUT2D eigenvalue weighted by molar-refractivity contribution is 6.03. The first-order valence-electron chi connectivity index (χ1n) is 10.3. The number of aryl methyl sites for hydroxylation is 2. The highest BCUT2D eigenvalue weighted by Gasteiger charge is 2.22. The Morgan fingerprint density at radius 1 is 1.14 bits per heavy atom. The number of carbonyl (C=O) groups excluding carboxylic acids is 1. The lowest BCUT2D eigenvalue weighted by Gasteiger charge is -2.25. The fourth-order valence-electron chi connectivity index (χ4n) is 3.26. The van der Waals surface area contributed by atoms with Crippen LogP contribution in [0.3, 0.4) is 0 Å². The summed E-state index contributed by atoms with van der Waals surface area (Å²) in [6, 6.07) is 14.3. The van der Waals surface area contributed by atoms with E-state index in [-0.39, 0.29) is 18.2 Å². The van der Waals surface area contributed by atoms with Gasteiger partial charge in [0.2, 0.25) is 0 Å². The molecule has 1 aliphatic heterocycles. The van der Waals surface area contributed by atoms with Crippen molar-refractivity contribution in [3.63, 3.8) is 0 Å². The minimum atomic E-state index is -0.763. The van der Waals surface area contributed by atoms with Crippen LogP contribution in [0.25, 0.3) is 0 Å². The summed E-state index contributed by atoms with van der Waals surface area (Å²) in [5.41, 5.74) is 5.18. The summed E-state index contributed by atoms with van der Waals surface area (Å²) in [6.45, 7) is 8.12. The van der Waals surface area contributed by atoms with Crippen LogP contribution in [0.1, 0.15) is 61.0 Å². The van der Waals surface area contributed by atoms with E-state index in [4.69, 9.17) is 5.11 Å². The predicted molar refractivity (Wildman–Crippen MR) is 119 cm³/mol. The van der Waals surface area contributed by atoms with Crippen molar-refractivity contribution in [1.29, 1.82) is 0 Å². The van der Waals surface area contributed by atoms with Gasteiger partial charge in [-0.25, -0.2) is 0 Å². The molecule has 3 rings (SSSR count). The monoisotopic (exact) mass is 396 g/mol.